The van der Waals surface area contributed by atoms with Crippen LogP contribution < -0.4 is 4.74 Å². The van der Waals surface area contributed by atoms with Crippen LogP contribution in [0.5, 0.6) is 5.75 Å². The number of nitrogens with zero attached hydrogens (tertiary/aromatic N) is 1. The molecule has 0 saturated heterocycles. The van der Waals surface area contributed by atoms with Gasteiger partial charge in [-0.2, -0.15) is 0 Å². The zero-order valence-electron chi connectivity index (χ0n) is 8.17. The largest absolute Gasteiger partial charge is 0.423 e. The first-order valence-corrected chi connectivity index (χ1v) is 4.86. The van der Waals surface area contributed by atoms with E-state index in [-0.39, 0.29) is 28.1 Å². The van der Waals surface area contributed by atoms with Crippen molar-refractivity contribution < 1.29 is 14.6 Å². The highest BCUT2D eigenvalue weighted by Gasteiger charge is 2.17. The van der Waals surface area contributed by atoms with Crippen LogP contribution in [0.1, 0.15) is 18.3 Å². The molecule has 0 aliphatic carbocycles. The average Bonchev–Trinajstić information content (AvgIpc) is 2.18. The van der Waals surface area contributed by atoms with E-state index in [4.69, 9.17) is 33.0 Å². The molecular weight excluding hydrogens is 241 g/mol. The number of carbonyl (C=O) groups is 1. The third kappa shape index (κ3) is 2.59. The summed E-state index contributed by atoms with van der Waals surface area (Å²) in [6, 6.07) is 0. The SMILES string of the molecule is CC(=O)Oc1c(Cl)c(C)nc(CO)c1Cl. The maximum absolute atomic E-state index is 10.8. The Bertz CT molecular complexity index is 407. The minimum atomic E-state index is -0.534. The lowest BCUT2D eigenvalue weighted by atomic mass is 10.3. The quantitative estimate of drug-likeness (QED) is 0.816. The molecular formula is C9H9Cl2NO3. The summed E-state index contributed by atoms with van der Waals surface area (Å²) < 4.78 is 4.85. The summed E-state index contributed by atoms with van der Waals surface area (Å²) in [4.78, 5) is 14.8. The number of aromatic nitrogens is 1. The molecule has 1 heterocycles. The molecule has 1 N–H and O–H groups in total. The molecule has 0 aliphatic heterocycles. The van der Waals surface area contributed by atoms with Crippen LogP contribution in [0.3, 0.4) is 0 Å². The molecule has 82 valence electrons. The monoisotopic (exact) mass is 249 g/mol. The number of aliphatic hydroxyl groups is 1. The lowest BCUT2D eigenvalue weighted by Gasteiger charge is -2.10. The first-order chi connectivity index (χ1) is 6.97. The van der Waals surface area contributed by atoms with Crippen molar-refractivity contribution in [2.24, 2.45) is 0 Å². The molecule has 0 saturated carbocycles. The minimum absolute atomic E-state index is 0.0439. The predicted molar refractivity (Wildman–Crippen MR) is 56.2 cm³/mol. The van der Waals surface area contributed by atoms with Crippen LogP contribution in [0, 0.1) is 6.92 Å². The summed E-state index contributed by atoms with van der Waals surface area (Å²) in [5.74, 6) is -0.490. The lowest BCUT2D eigenvalue weighted by Crippen LogP contribution is -2.06. The third-order valence-electron chi connectivity index (χ3n) is 1.67. The highest BCUT2D eigenvalue weighted by molar-refractivity contribution is 6.38. The molecule has 15 heavy (non-hydrogen) atoms. The average molecular weight is 250 g/mol. The van der Waals surface area contributed by atoms with Crippen LogP contribution in [-0.4, -0.2) is 16.1 Å². The number of halogens is 2. The standard InChI is InChI=1S/C9H9Cl2NO3/c1-4-7(10)9(15-5(2)14)8(11)6(3-13)12-4/h13H,3H2,1-2H3. The number of pyridine rings is 1. The fourth-order valence-electron chi connectivity index (χ4n) is 1.03. The summed E-state index contributed by atoms with van der Waals surface area (Å²) in [5.41, 5.74) is 0.677. The number of carbonyl (C=O) groups excluding carboxylic acids is 1. The summed E-state index contributed by atoms with van der Waals surface area (Å²) in [5, 5.41) is 9.19. The Morgan fingerprint density at radius 3 is 2.53 bits per heavy atom. The van der Waals surface area contributed by atoms with Crippen LogP contribution in [0.2, 0.25) is 10.0 Å². The Morgan fingerprint density at radius 2 is 2.07 bits per heavy atom. The summed E-state index contributed by atoms with van der Waals surface area (Å²) in [6.07, 6.45) is 0. The Labute approximate surface area is 96.8 Å². The molecule has 0 bridgehead atoms. The van der Waals surface area contributed by atoms with Crippen molar-refractivity contribution in [3.8, 4) is 5.75 Å². The van der Waals surface area contributed by atoms with E-state index in [1.165, 1.54) is 6.92 Å². The van der Waals surface area contributed by atoms with E-state index < -0.39 is 5.97 Å². The van der Waals surface area contributed by atoms with Gasteiger partial charge in [0, 0.05) is 6.92 Å². The summed E-state index contributed by atoms with van der Waals surface area (Å²) >= 11 is 11.7. The van der Waals surface area contributed by atoms with Gasteiger partial charge in [0.2, 0.25) is 0 Å². The van der Waals surface area contributed by atoms with Crippen LogP contribution >= 0.6 is 23.2 Å². The summed E-state index contributed by atoms with van der Waals surface area (Å²) in [7, 11) is 0. The van der Waals surface area contributed by atoms with Gasteiger partial charge in [-0.1, -0.05) is 23.2 Å². The van der Waals surface area contributed by atoms with Gasteiger partial charge in [-0.05, 0) is 6.92 Å². The van der Waals surface area contributed by atoms with Gasteiger partial charge in [-0.15, -0.1) is 0 Å². The van der Waals surface area contributed by atoms with Crippen LogP contribution in [0.4, 0.5) is 0 Å². The third-order valence-corrected chi connectivity index (χ3v) is 2.50. The highest BCUT2D eigenvalue weighted by Crippen LogP contribution is 2.36. The van der Waals surface area contributed by atoms with E-state index in [1.54, 1.807) is 6.92 Å². The molecule has 1 rings (SSSR count). The van der Waals surface area contributed by atoms with Crippen LogP contribution in [0.25, 0.3) is 0 Å². The smallest absolute Gasteiger partial charge is 0.308 e. The fourth-order valence-corrected chi connectivity index (χ4v) is 1.49. The van der Waals surface area contributed by atoms with Crippen molar-refractivity contribution in [1.29, 1.82) is 0 Å². The normalized spacial score (nSPS) is 10.2. The first kappa shape index (κ1) is 12.2. The molecule has 0 spiro atoms. The predicted octanol–water partition coefficient (Wildman–Crippen LogP) is 2.11. The number of aliphatic hydroxyl groups excluding tert-OH is 1. The highest BCUT2D eigenvalue weighted by atomic mass is 35.5. The zero-order valence-corrected chi connectivity index (χ0v) is 9.69. The Hall–Kier alpha value is -0.840. The molecule has 4 nitrogen and oxygen atoms in total. The Kier molecular flexibility index (Phi) is 3.90. The molecule has 0 radical (unpaired) electrons. The van der Waals surface area contributed by atoms with Crippen molar-refractivity contribution in [1.82, 2.24) is 4.98 Å². The van der Waals surface area contributed by atoms with Crippen LogP contribution in [-0.2, 0) is 11.4 Å². The van der Waals surface area contributed by atoms with Crippen molar-refractivity contribution in [2.45, 2.75) is 20.5 Å². The van der Waals surface area contributed by atoms with Gasteiger partial charge in [-0.3, -0.25) is 9.78 Å². The van der Waals surface area contributed by atoms with E-state index >= 15 is 0 Å². The second-order valence-electron chi connectivity index (χ2n) is 2.85. The molecule has 6 heteroatoms. The van der Waals surface area contributed by atoms with E-state index in [0.29, 0.717) is 5.69 Å². The number of ether oxygens (including phenoxy) is 1. The van der Waals surface area contributed by atoms with Gasteiger partial charge in [0.25, 0.3) is 0 Å². The molecule has 0 amide bonds. The van der Waals surface area contributed by atoms with Gasteiger partial charge >= 0.3 is 5.97 Å². The fraction of sp³-hybridized carbons (Fsp3) is 0.333. The maximum Gasteiger partial charge on any atom is 0.308 e. The molecule has 0 fully saturated rings. The van der Waals surface area contributed by atoms with Crippen molar-refractivity contribution in [3.05, 3.63) is 21.4 Å². The van der Waals surface area contributed by atoms with Crippen molar-refractivity contribution in [3.63, 3.8) is 0 Å². The van der Waals surface area contributed by atoms with Crippen LogP contribution in [0.15, 0.2) is 0 Å². The number of aryl methyl sites for hydroxylation is 1. The van der Waals surface area contributed by atoms with Gasteiger partial charge < -0.3 is 9.84 Å². The number of hydrogen-bond donors (Lipinski definition) is 1. The Morgan fingerprint density at radius 1 is 1.47 bits per heavy atom. The Balaban J connectivity index is 3.33. The lowest BCUT2D eigenvalue weighted by molar-refractivity contribution is -0.131. The molecule has 0 aromatic carbocycles. The molecule has 0 aliphatic rings. The van der Waals surface area contributed by atoms with E-state index in [0.717, 1.165) is 0 Å². The van der Waals surface area contributed by atoms with Crippen molar-refractivity contribution in [2.75, 3.05) is 0 Å². The van der Waals surface area contributed by atoms with E-state index in [2.05, 4.69) is 4.98 Å². The first-order valence-electron chi connectivity index (χ1n) is 4.11. The zero-order chi connectivity index (χ0) is 11.6. The molecule has 1 aromatic rings. The van der Waals surface area contributed by atoms with Gasteiger partial charge in [-0.25, -0.2) is 0 Å². The number of esters is 1. The van der Waals surface area contributed by atoms with Crippen molar-refractivity contribution >= 4 is 29.2 Å². The topological polar surface area (TPSA) is 59.4 Å². The molecule has 0 unspecified atom stereocenters. The summed E-state index contributed by atoms with van der Waals surface area (Å²) in [6.45, 7) is 2.52. The minimum Gasteiger partial charge on any atom is -0.423 e. The number of rotatable bonds is 2. The van der Waals surface area contributed by atoms with Gasteiger partial charge in [0.1, 0.15) is 10.0 Å². The van der Waals surface area contributed by atoms with Gasteiger partial charge in [0.15, 0.2) is 5.75 Å². The molecule has 0 atom stereocenters. The second kappa shape index (κ2) is 4.79. The number of hydrogen-bond acceptors (Lipinski definition) is 4. The van der Waals surface area contributed by atoms with Gasteiger partial charge in [0.05, 0.1) is 18.0 Å². The van der Waals surface area contributed by atoms with E-state index in [9.17, 15) is 4.79 Å². The van der Waals surface area contributed by atoms with E-state index in [1.807, 2.05) is 0 Å². The molecule has 1 aromatic heterocycles. The second-order valence-corrected chi connectivity index (χ2v) is 3.61. The maximum atomic E-state index is 10.8.